The Balaban J connectivity index is 1.63. The van der Waals surface area contributed by atoms with Crippen LogP contribution in [0.3, 0.4) is 0 Å². The monoisotopic (exact) mass is 503 g/mol. The second-order valence-electron chi connectivity index (χ2n) is 7.07. The van der Waals surface area contributed by atoms with Crippen LogP contribution in [0.1, 0.15) is 10.4 Å². The van der Waals surface area contributed by atoms with Crippen molar-refractivity contribution in [2.75, 3.05) is 4.72 Å². The van der Waals surface area contributed by atoms with Gasteiger partial charge in [-0.05, 0) is 54.6 Å². The van der Waals surface area contributed by atoms with Crippen molar-refractivity contribution in [2.45, 2.75) is 11.4 Å². The molecular formula is C23H16F3N3O3S2. The van der Waals surface area contributed by atoms with Gasteiger partial charge in [0.1, 0.15) is 11.6 Å². The van der Waals surface area contributed by atoms with Gasteiger partial charge in [0.25, 0.3) is 15.9 Å². The summed E-state index contributed by atoms with van der Waals surface area (Å²) >= 11 is 0.954. The number of allylic oxidation sites excluding steroid dienone is 1. The predicted molar refractivity (Wildman–Crippen MR) is 123 cm³/mol. The summed E-state index contributed by atoms with van der Waals surface area (Å²) in [6.45, 7) is 3.77. The summed E-state index contributed by atoms with van der Waals surface area (Å²) in [7, 11) is -3.95. The van der Waals surface area contributed by atoms with Crippen LogP contribution in [0.25, 0.3) is 10.2 Å². The Kier molecular flexibility index (Phi) is 6.40. The average Bonchev–Trinajstić information content (AvgIpc) is 3.11. The molecule has 0 radical (unpaired) electrons. The topological polar surface area (TPSA) is 80.5 Å². The van der Waals surface area contributed by atoms with Crippen LogP contribution in [0.4, 0.5) is 18.9 Å². The molecule has 0 fully saturated rings. The van der Waals surface area contributed by atoms with Crippen LogP contribution in [-0.4, -0.2) is 18.9 Å². The normalized spacial score (nSPS) is 12.1. The summed E-state index contributed by atoms with van der Waals surface area (Å²) in [6, 6.07) is 11.7. The number of amides is 1. The summed E-state index contributed by atoms with van der Waals surface area (Å²) in [5.74, 6) is -2.74. The molecule has 11 heteroatoms. The number of nitrogens with one attached hydrogen (secondary N) is 1. The molecule has 1 aromatic heterocycles. The third kappa shape index (κ3) is 4.80. The highest BCUT2D eigenvalue weighted by Crippen LogP contribution is 2.23. The number of hydrogen-bond donors (Lipinski definition) is 1. The molecule has 1 amide bonds. The van der Waals surface area contributed by atoms with Crippen LogP contribution in [-0.2, 0) is 16.6 Å². The summed E-state index contributed by atoms with van der Waals surface area (Å²) in [4.78, 5) is 16.8. The second kappa shape index (κ2) is 9.27. The fraction of sp³-hybridized carbons (Fsp3) is 0.0435. The molecule has 3 aromatic carbocycles. The molecule has 0 spiro atoms. The molecule has 4 rings (SSSR count). The largest absolute Gasteiger partial charge is 0.310 e. The molecule has 0 unspecified atom stereocenters. The molecular weight excluding hydrogens is 487 g/mol. The van der Waals surface area contributed by atoms with E-state index in [9.17, 15) is 26.4 Å². The van der Waals surface area contributed by atoms with Crippen LogP contribution in [0.2, 0.25) is 0 Å². The van der Waals surface area contributed by atoms with E-state index < -0.39 is 33.4 Å². The molecule has 0 aliphatic heterocycles. The van der Waals surface area contributed by atoms with E-state index in [0.717, 1.165) is 47.7 Å². The Morgan fingerprint density at radius 3 is 2.35 bits per heavy atom. The second-order valence-corrected chi connectivity index (χ2v) is 9.76. The number of fused-ring (bicyclic) bond motifs is 1. The zero-order chi connectivity index (χ0) is 24.5. The van der Waals surface area contributed by atoms with Crippen LogP contribution in [0, 0.1) is 17.5 Å². The van der Waals surface area contributed by atoms with Gasteiger partial charge < -0.3 is 4.57 Å². The number of aromatic nitrogens is 1. The van der Waals surface area contributed by atoms with E-state index in [1.165, 1.54) is 34.9 Å². The van der Waals surface area contributed by atoms with Crippen molar-refractivity contribution in [3.8, 4) is 0 Å². The molecule has 174 valence electrons. The Morgan fingerprint density at radius 1 is 1.03 bits per heavy atom. The highest BCUT2D eigenvalue weighted by molar-refractivity contribution is 7.92. The van der Waals surface area contributed by atoms with Crippen LogP contribution < -0.4 is 9.52 Å². The fourth-order valence-electron chi connectivity index (χ4n) is 3.17. The van der Waals surface area contributed by atoms with Gasteiger partial charge in [-0.1, -0.05) is 17.4 Å². The summed E-state index contributed by atoms with van der Waals surface area (Å²) in [5.41, 5.74) is 0.449. The number of halogens is 3. The van der Waals surface area contributed by atoms with E-state index in [-0.39, 0.29) is 37.7 Å². The van der Waals surface area contributed by atoms with Gasteiger partial charge >= 0.3 is 0 Å². The number of benzene rings is 3. The van der Waals surface area contributed by atoms with Gasteiger partial charge in [-0.2, -0.15) is 4.99 Å². The van der Waals surface area contributed by atoms with Crippen molar-refractivity contribution in [1.82, 2.24) is 4.57 Å². The summed E-state index contributed by atoms with van der Waals surface area (Å²) < 4.78 is 69.9. The smallest absolute Gasteiger partial charge is 0.279 e. The van der Waals surface area contributed by atoms with Crippen molar-refractivity contribution in [3.63, 3.8) is 0 Å². The van der Waals surface area contributed by atoms with Crippen LogP contribution in [0.15, 0.2) is 83.2 Å². The minimum atomic E-state index is -3.95. The minimum absolute atomic E-state index is 0.114. The van der Waals surface area contributed by atoms with Gasteiger partial charge in [-0.25, -0.2) is 21.6 Å². The van der Waals surface area contributed by atoms with E-state index in [1.54, 1.807) is 0 Å². The van der Waals surface area contributed by atoms with Gasteiger partial charge in [0.05, 0.1) is 15.1 Å². The maximum absolute atomic E-state index is 14.3. The minimum Gasteiger partial charge on any atom is -0.310 e. The van der Waals surface area contributed by atoms with Gasteiger partial charge in [0, 0.05) is 23.9 Å². The number of rotatable bonds is 6. The van der Waals surface area contributed by atoms with E-state index in [4.69, 9.17) is 0 Å². The zero-order valence-electron chi connectivity index (χ0n) is 17.3. The first-order valence-corrected chi connectivity index (χ1v) is 12.0. The molecule has 4 aromatic rings. The molecule has 0 saturated carbocycles. The van der Waals surface area contributed by atoms with Gasteiger partial charge in [-0.15, -0.1) is 6.58 Å². The molecule has 1 heterocycles. The molecule has 1 N–H and O–H groups in total. The number of carbonyl (C=O) groups excluding carboxylic acids is 1. The van der Waals surface area contributed by atoms with E-state index >= 15 is 0 Å². The molecule has 0 aliphatic carbocycles. The third-order valence-electron chi connectivity index (χ3n) is 4.71. The number of carbonyl (C=O) groups is 1. The SMILES string of the molecule is C=CCn1c(=NC(=O)c2ccc(NS(=O)(=O)c3ccc(F)cc3)cc2)sc2cc(F)cc(F)c21. The Morgan fingerprint density at radius 2 is 1.71 bits per heavy atom. The molecule has 0 bridgehead atoms. The van der Waals surface area contributed by atoms with Crippen molar-refractivity contribution >= 4 is 43.2 Å². The molecule has 0 aliphatic rings. The highest BCUT2D eigenvalue weighted by atomic mass is 32.2. The number of hydrogen-bond acceptors (Lipinski definition) is 4. The Labute approximate surface area is 196 Å². The number of sulfonamides is 1. The van der Waals surface area contributed by atoms with E-state index in [0.29, 0.717) is 0 Å². The molecule has 0 atom stereocenters. The predicted octanol–water partition coefficient (Wildman–Crippen LogP) is 4.85. The quantitative estimate of drug-likeness (QED) is 0.382. The van der Waals surface area contributed by atoms with Crippen LogP contribution >= 0.6 is 11.3 Å². The van der Waals surface area contributed by atoms with Crippen LogP contribution in [0.5, 0.6) is 0 Å². The first kappa shape index (κ1) is 23.5. The Hall–Kier alpha value is -3.70. The fourth-order valence-corrected chi connectivity index (χ4v) is 5.31. The maximum Gasteiger partial charge on any atom is 0.279 e. The maximum atomic E-state index is 14.3. The van der Waals surface area contributed by atoms with Gasteiger partial charge in [-0.3, -0.25) is 9.52 Å². The van der Waals surface area contributed by atoms with Crippen molar-refractivity contribution in [1.29, 1.82) is 0 Å². The summed E-state index contributed by atoms with van der Waals surface area (Å²) in [5, 5.41) is 0. The van der Waals surface area contributed by atoms with E-state index in [1.807, 2.05) is 0 Å². The highest BCUT2D eigenvalue weighted by Gasteiger charge is 2.16. The standard InChI is InChI=1S/C23H16F3N3O3S2/c1-2-11-29-21-19(26)12-16(25)13-20(21)33-23(29)27-22(30)14-3-7-17(8-4-14)28-34(31,32)18-9-5-15(24)6-10-18/h2-10,12-13,28H,1,11H2. The third-order valence-corrected chi connectivity index (χ3v) is 7.13. The van der Waals surface area contributed by atoms with Gasteiger partial charge in [0.15, 0.2) is 10.6 Å². The lowest BCUT2D eigenvalue weighted by atomic mass is 10.2. The van der Waals surface area contributed by atoms with Gasteiger partial charge in [0.2, 0.25) is 0 Å². The molecule has 6 nitrogen and oxygen atoms in total. The average molecular weight is 504 g/mol. The zero-order valence-corrected chi connectivity index (χ0v) is 19.0. The van der Waals surface area contributed by atoms with Crippen molar-refractivity contribution in [2.24, 2.45) is 4.99 Å². The van der Waals surface area contributed by atoms with Crippen molar-refractivity contribution < 1.29 is 26.4 Å². The Bertz CT molecular complexity index is 1570. The van der Waals surface area contributed by atoms with E-state index in [2.05, 4.69) is 16.3 Å². The number of anilines is 1. The lowest BCUT2D eigenvalue weighted by molar-refractivity contribution is 0.0998. The molecule has 0 saturated heterocycles. The number of thiazole rings is 1. The lowest BCUT2D eigenvalue weighted by Crippen LogP contribution is -2.17. The lowest BCUT2D eigenvalue weighted by Gasteiger charge is -2.08. The molecule has 34 heavy (non-hydrogen) atoms. The first-order chi connectivity index (χ1) is 16.2. The first-order valence-electron chi connectivity index (χ1n) is 9.75. The summed E-state index contributed by atoms with van der Waals surface area (Å²) in [6.07, 6.45) is 1.50. The van der Waals surface area contributed by atoms with Crippen molar-refractivity contribution in [3.05, 3.63) is 101 Å². The number of nitrogens with zero attached hydrogens (tertiary/aromatic N) is 2.